The van der Waals surface area contributed by atoms with Gasteiger partial charge in [0, 0.05) is 9.78 Å². The largest absolute Gasteiger partial charge is 0.143 e. The summed E-state index contributed by atoms with van der Waals surface area (Å²) >= 11 is 5.72. The molecule has 0 unspecified atom stereocenters. The molecule has 0 aromatic carbocycles. The van der Waals surface area contributed by atoms with Gasteiger partial charge in [-0.25, -0.2) is 0 Å². The molecule has 0 bridgehead atoms. The molecule has 1 heterocycles. The monoisotopic (exact) mass is 142 g/mol. The van der Waals surface area contributed by atoms with Crippen LogP contribution in [0.1, 0.15) is 4.88 Å². The second-order valence-corrected chi connectivity index (χ2v) is 2.91. The van der Waals surface area contributed by atoms with Crippen molar-refractivity contribution in [1.82, 2.24) is 0 Å². The highest BCUT2D eigenvalue weighted by molar-refractivity contribution is 7.90. The average Bonchev–Trinajstić information content (AvgIpc) is 2.12. The molecule has 0 amide bonds. The second kappa shape index (κ2) is 2.37. The smallest absolute Gasteiger partial charge is 0.0397 e. The van der Waals surface area contributed by atoms with E-state index in [4.69, 9.17) is 0 Å². The van der Waals surface area contributed by atoms with Gasteiger partial charge in [-0.05, 0) is 11.4 Å². The number of thiol groups is 1. The van der Waals surface area contributed by atoms with E-state index in [2.05, 4.69) is 19.2 Å². The first kappa shape index (κ1) is 5.92. The Bertz CT molecular complexity index is 174. The van der Waals surface area contributed by atoms with Crippen molar-refractivity contribution in [2.75, 3.05) is 0 Å². The van der Waals surface area contributed by atoms with Crippen molar-refractivity contribution in [3.8, 4) is 0 Å². The summed E-state index contributed by atoms with van der Waals surface area (Å²) in [4.78, 5) is 1.99. The molecule has 8 heavy (non-hydrogen) atoms. The zero-order valence-corrected chi connectivity index (χ0v) is 6.01. The van der Waals surface area contributed by atoms with Crippen LogP contribution < -0.4 is 0 Å². The van der Waals surface area contributed by atoms with Crippen molar-refractivity contribution in [3.05, 3.63) is 29.0 Å². The summed E-state index contributed by atoms with van der Waals surface area (Å²) in [6, 6.07) is 3.99. The fraction of sp³-hybridized carbons (Fsp3) is 0. The summed E-state index contributed by atoms with van der Waals surface area (Å²) in [6.45, 7) is 3.67. The summed E-state index contributed by atoms with van der Waals surface area (Å²) in [5.74, 6) is 0. The first-order valence-corrected chi connectivity index (χ1v) is 3.55. The predicted octanol–water partition coefficient (Wildman–Crippen LogP) is 2.65. The topological polar surface area (TPSA) is 0 Å². The van der Waals surface area contributed by atoms with Crippen LogP contribution in [0.2, 0.25) is 0 Å². The highest BCUT2D eigenvalue weighted by Crippen LogP contribution is 2.20. The molecular weight excluding hydrogens is 136 g/mol. The van der Waals surface area contributed by atoms with Gasteiger partial charge in [-0.2, -0.15) is 0 Å². The van der Waals surface area contributed by atoms with E-state index in [1.807, 2.05) is 17.5 Å². The van der Waals surface area contributed by atoms with Gasteiger partial charge in [-0.3, -0.25) is 0 Å². The van der Waals surface area contributed by atoms with Crippen LogP contribution in [-0.4, -0.2) is 0 Å². The second-order valence-electron chi connectivity index (χ2n) is 1.42. The van der Waals surface area contributed by atoms with E-state index in [0.717, 1.165) is 9.78 Å². The molecule has 1 aromatic rings. The fourth-order valence-electron chi connectivity index (χ4n) is 0.443. The molecule has 0 aliphatic heterocycles. The van der Waals surface area contributed by atoms with Crippen molar-refractivity contribution in [2.45, 2.75) is 0 Å². The van der Waals surface area contributed by atoms with E-state index >= 15 is 0 Å². The Balaban J connectivity index is 2.93. The minimum absolute atomic E-state index is 0.847. The van der Waals surface area contributed by atoms with Gasteiger partial charge < -0.3 is 0 Å². The average molecular weight is 142 g/mol. The molecule has 0 fully saturated rings. The molecule has 1 aromatic heterocycles. The maximum Gasteiger partial charge on any atom is 0.0397 e. The minimum atomic E-state index is 0.847. The van der Waals surface area contributed by atoms with Gasteiger partial charge in [0.25, 0.3) is 0 Å². The molecule has 0 nitrogen and oxygen atoms in total. The maximum absolute atomic E-state index is 4.07. The van der Waals surface area contributed by atoms with Crippen LogP contribution in [0, 0.1) is 0 Å². The standard InChI is InChI=1S/C6H6S2/c1-5(7)6-3-2-4-8-6/h2-4,7H,1H2. The van der Waals surface area contributed by atoms with Crippen molar-refractivity contribution in [1.29, 1.82) is 0 Å². The SMILES string of the molecule is C=C(S)c1cccs1. The minimum Gasteiger partial charge on any atom is -0.143 e. The maximum atomic E-state index is 4.07. The van der Waals surface area contributed by atoms with Gasteiger partial charge in [0.2, 0.25) is 0 Å². The number of rotatable bonds is 1. The molecule has 0 aliphatic carbocycles. The molecule has 42 valence electrons. The van der Waals surface area contributed by atoms with Crippen LogP contribution in [0.4, 0.5) is 0 Å². The first-order chi connectivity index (χ1) is 3.80. The third-order valence-corrected chi connectivity index (χ3v) is 2.13. The molecule has 0 saturated heterocycles. The Labute approximate surface area is 58.3 Å². The van der Waals surface area contributed by atoms with Gasteiger partial charge in [-0.1, -0.05) is 12.6 Å². The molecule has 0 spiro atoms. The Hall–Kier alpha value is -0.210. The Morgan fingerprint density at radius 3 is 2.75 bits per heavy atom. The molecule has 2 heteroatoms. The molecule has 1 rings (SSSR count). The van der Waals surface area contributed by atoms with E-state index < -0.39 is 0 Å². The Morgan fingerprint density at radius 1 is 1.75 bits per heavy atom. The van der Waals surface area contributed by atoms with Gasteiger partial charge in [0.1, 0.15) is 0 Å². The van der Waals surface area contributed by atoms with Gasteiger partial charge in [-0.15, -0.1) is 24.0 Å². The van der Waals surface area contributed by atoms with Crippen LogP contribution in [0.5, 0.6) is 0 Å². The zero-order valence-electron chi connectivity index (χ0n) is 4.29. The van der Waals surface area contributed by atoms with E-state index in [1.54, 1.807) is 11.3 Å². The van der Waals surface area contributed by atoms with E-state index in [0.29, 0.717) is 0 Å². The van der Waals surface area contributed by atoms with Crippen molar-refractivity contribution >= 4 is 28.9 Å². The third-order valence-electron chi connectivity index (χ3n) is 0.806. The predicted molar refractivity (Wildman–Crippen MR) is 42.3 cm³/mol. The third kappa shape index (κ3) is 1.14. The van der Waals surface area contributed by atoms with Gasteiger partial charge in [0.05, 0.1) is 0 Å². The number of thiophene rings is 1. The number of hydrogen-bond acceptors (Lipinski definition) is 2. The van der Waals surface area contributed by atoms with Crippen molar-refractivity contribution in [3.63, 3.8) is 0 Å². The Morgan fingerprint density at radius 2 is 2.50 bits per heavy atom. The molecule has 0 N–H and O–H groups in total. The highest BCUT2D eigenvalue weighted by atomic mass is 32.1. The van der Waals surface area contributed by atoms with Gasteiger partial charge in [0.15, 0.2) is 0 Å². The van der Waals surface area contributed by atoms with Crippen molar-refractivity contribution in [2.24, 2.45) is 0 Å². The highest BCUT2D eigenvalue weighted by Gasteiger charge is 1.89. The molecule has 0 aliphatic rings. The number of hydrogen-bond donors (Lipinski definition) is 1. The quantitative estimate of drug-likeness (QED) is 0.572. The zero-order chi connectivity index (χ0) is 5.98. The van der Waals surface area contributed by atoms with Crippen LogP contribution >= 0.6 is 24.0 Å². The molecule has 0 atom stereocenters. The van der Waals surface area contributed by atoms with Crippen LogP contribution in [0.25, 0.3) is 4.91 Å². The van der Waals surface area contributed by atoms with Crippen LogP contribution in [0.3, 0.4) is 0 Å². The summed E-state index contributed by atoms with van der Waals surface area (Å²) < 4.78 is 0. The fourth-order valence-corrected chi connectivity index (χ4v) is 1.27. The van der Waals surface area contributed by atoms with E-state index in [9.17, 15) is 0 Å². The summed E-state index contributed by atoms with van der Waals surface area (Å²) in [7, 11) is 0. The molecule has 0 saturated carbocycles. The Kier molecular flexibility index (Phi) is 1.76. The lowest BCUT2D eigenvalue weighted by Gasteiger charge is -1.85. The lowest BCUT2D eigenvalue weighted by atomic mass is 10.5. The van der Waals surface area contributed by atoms with Crippen LogP contribution in [-0.2, 0) is 0 Å². The lowest BCUT2D eigenvalue weighted by molar-refractivity contribution is 1.95. The van der Waals surface area contributed by atoms with E-state index in [1.165, 1.54) is 0 Å². The van der Waals surface area contributed by atoms with Crippen LogP contribution in [0.15, 0.2) is 24.1 Å². The molecular formula is C6H6S2. The van der Waals surface area contributed by atoms with Gasteiger partial charge >= 0.3 is 0 Å². The summed E-state index contributed by atoms with van der Waals surface area (Å²) in [5.41, 5.74) is 0. The lowest BCUT2D eigenvalue weighted by Crippen LogP contribution is -1.57. The summed E-state index contributed by atoms with van der Waals surface area (Å²) in [6.07, 6.45) is 0. The van der Waals surface area contributed by atoms with Crippen molar-refractivity contribution < 1.29 is 0 Å². The summed E-state index contributed by atoms with van der Waals surface area (Å²) in [5, 5.41) is 2.01. The first-order valence-electron chi connectivity index (χ1n) is 2.22. The normalized spacial score (nSPS) is 9.12. The molecule has 0 radical (unpaired) electrons. The van der Waals surface area contributed by atoms with E-state index in [-0.39, 0.29) is 0 Å².